The molecule has 106 valence electrons. The van der Waals surface area contributed by atoms with Gasteiger partial charge < -0.3 is 25.2 Å². The first kappa shape index (κ1) is 13.8. The Kier molecular flexibility index (Phi) is 4.37. The number of nitrogens with two attached hydrogens (primary N) is 1. The Hall–Kier alpha value is -1.62. The van der Waals surface area contributed by atoms with E-state index in [1.165, 1.54) is 0 Å². The Bertz CT molecular complexity index is 435. The molecule has 3 N–H and O–H groups in total. The maximum absolute atomic E-state index is 9.00. The SMILES string of the molecule is CC(C)N(CCCO)c1cc2c(cc1N)OCCO2. The summed E-state index contributed by atoms with van der Waals surface area (Å²) in [5.74, 6) is 1.45. The number of rotatable bonds is 5. The summed E-state index contributed by atoms with van der Waals surface area (Å²) in [7, 11) is 0. The summed E-state index contributed by atoms with van der Waals surface area (Å²) < 4.78 is 11.1. The molecule has 1 aliphatic heterocycles. The highest BCUT2D eigenvalue weighted by molar-refractivity contribution is 5.73. The van der Waals surface area contributed by atoms with Crippen LogP contribution in [0.4, 0.5) is 11.4 Å². The van der Waals surface area contributed by atoms with Gasteiger partial charge in [0.15, 0.2) is 11.5 Å². The number of nitrogens with zero attached hydrogens (tertiary/aromatic N) is 1. The zero-order valence-electron chi connectivity index (χ0n) is 11.6. The summed E-state index contributed by atoms with van der Waals surface area (Å²) in [6.07, 6.45) is 0.714. The van der Waals surface area contributed by atoms with Gasteiger partial charge in [-0.3, -0.25) is 0 Å². The molecule has 0 unspecified atom stereocenters. The van der Waals surface area contributed by atoms with Gasteiger partial charge in [0.2, 0.25) is 0 Å². The van der Waals surface area contributed by atoms with Gasteiger partial charge in [0, 0.05) is 31.3 Å². The van der Waals surface area contributed by atoms with Crippen LogP contribution in [-0.4, -0.2) is 37.5 Å². The third-order valence-electron chi connectivity index (χ3n) is 3.18. The van der Waals surface area contributed by atoms with Gasteiger partial charge in [-0.2, -0.15) is 0 Å². The Morgan fingerprint density at radius 1 is 1.26 bits per heavy atom. The summed E-state index contributed by atoms with van der Waals surface area (Å²) in [5.41, 5.74) is 7.73. The molecule has 1 aromatic rings. The Morgan fingerprint density at radius 2 is 1.89 bits per heavy atom. The largest absolute Gasteiger partial charge is 0.486 e. The number of aliphatic hydroxyl groups excluding tert-OH is 1. The van der Waals surface area contributed by atoms with Crippen LogP contribution in [0.15, 0.2) is 12.1 Å². The van der Waals surface area contributed by atoms with Gasteiger partial charge in [-0.1, -0.05) is 0 Å². The fraction of sp³-hybridized carbons (Fsp3) is 0.571. The van der Waals surface area contributed by atoms with Gasteiger partial charge in [0.25, 0.3) is 0 Å². The second kappa shape index (κ2) is 6.02. The van der Waals surface area contributed by atoms with Crippen LogP contribution in [0, 0.1) is 0 Å². The monoisotopic (exact) mass is 266 g/mol. The van der Waals surface area contributed by atoms with Gasteiger partial charge >= 0.3 is 0 Å². The van der Waals surface area contributed by atoms with Crippen molar-refractivity contribution in [3.8, 4) is 11.5 Å². The number of aliphatic hydroxyl groups is 1. The van der Waals surface area contributed by atoms with E-state index in [2.05, 4.69) is 18.7 Å². The lowest BCUT2D eigenvalue weighted by atomic mass is 10.1. The van der Waals surface area contributed by atoms with E-state index in [1.54, 1.807) is 0 Å². The van der Waals surface area contributed by atoms with E-state index in [0.29, 0.717) is 37.1 Å². The number of anilines is 2. The molecule has 0 amide bonds. The highest BCUT2D eigenvalue weighted by Crippen LogP contribution is 2.39. The lowest BCUT2D eigenvalue weighted by Crippen LogP contribution is -2.33. The number of hydrogen-bond donors (Lipinski definition) is 2. The van der Waals surface area contributed by atoms with Crippen LogP contribution in [0.2, 0.25) is 0 Å². The van der Waals surface area contributed by atoms with E-state index in [4.69, 9.17) is 20.3 Å². The number of nitrogen functional groups attached to an aromatic ring is 1. The van der Waals surface area contributed by atoms with Crippen LogP contribution >= 0.6 is 0 Å². The van der Waals surface area contributed by atoms with Gasteiger partial charge in [-0.15, -0.1) is 0 Å². The van der Waals surface area contributed by atoms with Gasteiger partial charge in [-0.05, 0) is 20.3 Å². The summed E-state index contributed by atoms with van der Waals surface area (Å²) >= 11 is 0. The molecule has 5 nitrogen and oxygen atoms in total. The predicted octanol–water partition coefficient (Wildman–Crippen LogP) is 1.64. The highest BCUT2D eigenvalue weighted by Gasteiger charge is 2.19. The van der Waals surface area contributed by atoms with Gasteiger partial charge in [0.1, 0.15) is 13.2 Å². The van der Waals surface area contributed by atoms with Crippen molar-refractivity contribution in [1.82, 2.24) is 0 Å². The zero-order chi connectivity index (χ0) is 13.8. The van der Waals surface area contributed by atoms with Crippen LogP contribution < -0.4 is 20.1 Å². The van der Waals surface area contributed by atoms with Crippen molar-refractivity contribution in [3.05, 3.63) is 12.1 Å². The fourth-order valence-corrected chi connectivity index (χ4v) is 2.24. The van der Waals surface area contributed by atoms with E-state index < -0.39 is 0 Å². The minimum Gasteiger partial charge on any atom is -0.486 e. The molecule has 0 bridgehead atoms. The molecule has 19 heavy (non-hydrogen) atoms. The molecule has 0 saturated heterocycles. The molecule has 0 aromatic heterocycles. The van der Waals surface area contributed by atoms with Crippen LogP contribution in [0.25, 0.3) is 0 Å². The van der Waals surface area contributed by atoms with E-state index in [1.807, 2.05) is 12.1 Å². The van der Waals surface area contributed by atoms with Crippen LogP contribution in [0.5, 0.6) is 11.5 Å². The van der Waals surface area contributed by atoms with Gasteiger partial charge in [0.05, 0.1) is 11.4 Å². The number of hydrogen-bond acceptors (Lipinski definition) is 5. The van der Waals surface area contributed by atoms with Crippen molar-refractivity contribution >= 4 is 11.4 Å². The normalized spacial score (nSPS) is 13.7. The van der Waals surface area contributed by atoms with Crippen LogP contribution in [0.1, 0.15) is 20.3 Å². The predicted molar refractivity (Wildman–Crippen MR) is 76.0 cm³/mol. The molecule has 0 spiro atoms. The molecule has 0 radical (unpaired) electrons. The van der Waals surface area contributed by atoms with Crippen LogP contribution in [-0.2, 0) is 0 Å². The lowest BCUT2D eigenvalue weighted by molar-refractivity contribution is 0.172. The summed E-state index contributed by atoms with van der Waals surface area (Å²) in [6.45, 7) is 6.27. The van der Waals surface area contributed by atoms with E-state index in [-0.39, 0.29) is 6.61 Å². The van der Waals surface area contributed by atoms with Crippen molar-refractivity contribution in [2.45, 2.75) is 26.3 Å². The standard InChI is InChI=1S/C14H22N2O3/c1-10(2)16(4-3-5-17)12-9-14-13(8-11(12)15)18-6-7-19-14/h8-10,17H,3-7,15H2,1-2H3. The Balaban J connectivity index is 2.30. The first-order valence-corrected chi connectivity index (χ1v) is 6.70. The molecule has 5 heteroatoms. The maximum atomic E-state index is 9.00. The highest BCUT2D eigenvalue weighted by atomic mass is 16.6. The molecular weight excluding hydrogens is 244 g/mol. The van der Waals surface area contributed by atoms with E-state index in [0.717, 1.165) is 18.0 Å². The Morgan fingerprint density at radius 3 is 2.47 bits per heavy atom. The minimum absolute atomic E-state index is 0.174. The number of ether oxygens (including phenoxy) is 2. The molecule has 2 rings (SSSR count). The van der Waals surface area contributed by atoms with Crippen molar-refractivity contribution < 1.29 is 14.6 Å². The molecular formula is C14H22N2O3. The maximum Gasteiger partial charge on any atom is 0.163 e. The topological polar surface area (TPSA) is 68.0 Å². The number of benzene rings is 1. The molecule has 0 atom stereocenters. The van der Waals surface area contributed by atoms with Crippen LogP contribution in [0.3, 0.4) is 0 Å². The van der Waals surface area contributed by atoms with Crippen molar-refractivity contribution in [2.75, 3.05) is 37.0 Å². The second-order valence-corrected chi connectivity index (χ2v) is 4.92. The molecule has 0 fully saturated rings. The van der Waals surface area contributed by atoms with Crippen molar-refractivity contribution in [1.29, 1.82) is 0 Å². The first-order valence-electron chi connectivity index (χ1n) is 6.70. The quantitative estimate of drug-likeness (QED) is 0.793. The third kappa shape index (κ3) is 3.04. The molecule has 1 heterocycles. The average molecular weight is 266 g/mol. The molecule has 1 aliphatic rings. The summed E-state index contributed by atoms with van der Waals surface area (Å²) in [6, 6.07) is 4.05. The van der Waals surface area contributed by atoms with E-state index >= 15 is 0 Å². The smallest absolute Gasteiger partial charge is 0.163 e. The minimum atomic E-state index is 0.174. The first-order chi connectivity index (χ1) is 9.13. The summed E-state index contributed by atoms with van der Waals surface area (Å²) in [5, 5.41) is 9.00. The number of fused-ring (bicyclic) bond motifs is 1. The second-order valence-electron chi connectivity index (χ2n) is 4.92. The zero-order valence-corrected chi connectivity index (χ0v) is 11.6. The molecule has 1 aromatic carbocycles. The lowest BCUT2D eigenvalue weighted by Gasteiger charge is -2.31. The fourth-order valence-electron chi connectivity index (χ4n) is 2.24. The Labute approximate surface area is 113 Å². The van der Waals surface area contributed by atoms with Crippen molar-refractivity contribution in [2.24, 2.45) is 0 Å². The average Bonchev–Trinajstić information content (AvgIpc) is 2.39. The van der Waals surface area contributed by atoms with Gasteiger partial charge in [-0.25, -0.2) is 0 Å². The van der Waals surface area contributed by atoms with E-state index in [9.17, 15) is 0 Å². The van der Waals surface area contributed by atoms with Crippen molar-refractivity contribution in [3.63, 3.8) is 0 Å². The molecule has 0 saturated carbocycles. The molecule has 0 aliphatic carbocycles. The summed E-state index contributed by atoms with van der Waals surface area (Å²) in [4.78, 5) is 2.17. The third-order valence-corrected chi connectivity index (χ3v) is 3.18.